The standard InChI is InChI=1S/C18H19Cl2N3OS2/c1-11-5-6-13-14(9-11)25-18(21-13)23(8-4-7-22(2)3)17(24)12-10-15(19)26-16(12)20/h5-6,9-10H,4,7-8H2,1-3H3. The predicted octanol–water partition coefficient (Wildman–Crippen LogP) is 5.57. The van der Waals surface area contributed by atoms with Gasteiger partial charge in [-0.25, -0.2) is 4.98 Å². The van der Waals surface area contributed by atoms with Gasteiger partial charge in [0.25, 0.3) is 5.91 Å². The first-order valence-electron chi connectivity index (χ1n) is 8.14. The number of fused-ring (bicyclic) bond motifs is 1. The maximum atomic E-state index is 13.1. The number of halogens is 2. The van der Waals surface area contributed by atoms with Gasteiger partial charge in [0, 0.05) is 6.54 Å². The predicted molar refractivity (Wildman–Crippen MR) is 114 cm³/mol. The Morgan fingerprint density at radius 2 is 1.92 bits per heavy atom. The lowest BCUT2D eigenvalue weighted by atomic mass is 10.2. The smallest absolute Gasteiger partial charge is 0.262 e. The molecule has 0 N–H and O–H groups in total. The molecule has 1 amide bonds. The van der Waals surface area contributed by atoms with Crippen LogP contribution < -0.4 is 4.90 Å². The van der Waals surface area contributed by atoms with E-state index < -0.39 is 0 Å². The second-order valence-corrected chi connectivity index (χ2v) is 9.61. The molecule has 0 aliphatic carbocycles. The topological polar surface area (TPSA) is 36.4 Å². The van der Waals surface area contributed by atoms with Crippen molar-refractivity contribution in [1.82, 2.24) is 9.88 Å². The van der Waals surface area contributed by atoms with E-state index in [1.165, 1.54) is 28.2 Å². The van der Waals surface area contributed by atoms with E-state index in [1.54, 1.807) is 11.0 Å². The van der Waals surface area contributed by atoms with E-state index in [0.717, 1.165) is 23.2 Å². The summed E-state index contributed by atoms with van der Waals surface area (Å²) in [6.45, 7) is 3.50. The van der Waals surface area contributed by atoms with Gasteiger partial charge in [0.05, 0.1) is 20.1 Å². The van der Waals surface area contributed by atoms with E-state index in [1.807, 2.05) is 33.2 Å². The first-order valence-corrected chi connectivity index (χ1v) is 10.5. The Balaban J connectivity index is 1.95. The van der Waals surface area contributed by atoms with E-state index in [9.17, 15) is 4.79 Å². The first kappa shape index (κ1) is 19.6. The molecule has 0 spiro atoms. The number of anilines is 1. The van der Waals surface area contributed by atoms with Gasteiger partial charge in [0.1, 0.15) is 4.34 Å². The van der Waals surface area contributed by atoms with Gasteiger partial charge in [-0.1, -0.05) is 40.6 Å². The van der Waals surface area contributed by atoms with E-state index in [4.69, 9.17) is 23.2 Å². The van der Waals surface area contributed by atoms with Gasteiger partial charge in [-0.2, -0.15) is 0 Å². The van der Waals surface area contributed by atoms with Crippen molar-refractivity contribution in [2.45, 2.75) is 13.3 Å². The number of aryl methyl sites for hydroxylation is 1. The van der Waals surface area contributed by atoms with Crippen molar-refractivity contribution in [2.75, 3.05) is 32.1 Å². The molecule has 3 rings (SSSR count). The van der Waals surface area contributed by atoms with Crippen LogP contribution in [0.1, 0.15) is 22.3 Å². The molecular weight excluding hydrogens is 409 g/mol. The van der Waals surface area contributed by atoms with Crippen LogP contribution in [-0.2, 0) is 0 Å². The van der Waals surface area contributed by atoms with E-state index in [-0.39, 0.29) is 5.91 Å². The number of thiazole rings is 1. The number of aromatic nitrogens is 1. The number of nitrogens with zero attached hydrogens (tertiary/aromatic N) is 3. The monoisotopic (exact) mass is 427 g/mol. The Bertz CT molecular complexity index is 936. The second-order valence-electron chi connectivity index (χ2n) is 6.32. The Hall–Kier alpha value is -1.18. The number of carbonyl (C=O) groups excluding carboxylic acids is 1. The van der Waals surface area contributed by atoms with Crippen LogP contribution in [0.2, 0.25) is 8.67 Å². The third kappa shape index (κ3) is 4.38. The van der Waals surface area contributed by atoms with E-state index >= 15 is 0 Å². The number of rotatable bonds is 6. The van der Waals surface area contributed by atoms with E-state index in [2.05, 4.69) is 16.0 Å². The van der Waals surface area contributed by atoms with Crippen molar-refractivity contribution >= 4 is 67.1 Å². The number of carbonyl (C=O) groups is 1. The van der Waals surface area contributed by atoms with Crippen LogP contribution in [0, 0.1) is 6.92 Å². The summed E-state index contributed by atoms with van der Waals surface area (Å²) in [6, 6.07) is 7.74. The minimum absolute atomic E-state index is 0.160. The zero-order chi connectivity index (χ0) is 18.8. The van der Waals surface area contributed by atoms with Crippen LogP contribution in [0.15, 0.2) is 24.3 Å². The van der Waals surface area contributed by atoms with Crippen LogP contribution in [-0.4, -0.2) is 43.0 Å². The summed E-state index contributed by atoms with van der Waals surface area (Å²) in [6.07, 6.45) is 0.836. The Morgan fingerprint density at radius 3 is 2.58 bits per heavy atom. The molecule has 8 heteroatoms. The van der Waals surface area contributed by atoms with Crippen LogP contribution >= 0.6 is 45.9 Å². The largest absolute Gasteiger partial charge is 0.309 e. The number of hydrogen-bond acceptors (Lipinski definition) is 5. The molecule has 3 aromatic rings. The minimum Gasteiger partial charge on any atom is -0.309 e. The van der Waals surface area contributed by atoms with Crippen molar-refractivity contribution in [1.29, 1.82) is 0 Å². The highest BCUT2D eigenvalue weighted by Gasteiger charge is 2.24. The van der Waals surface area contributed by atoms with Gasteiger partial charge in [0.15, 0.2) is 5.13 Å². The summed E-state index contributed by atoms with van der Waals surface area (Å²) in [5.41, 5.74) is 2.50. The fraction of sp³-hybridized carbons (Fsp3) is 0.333. The highest BCUT2D eigenvalue weighted by atomic mass is 35.5. The van der Waals surface area contributed by atoms with Gasteiger partial charge in [-0.3, -0.25) is 9.69 Å². The molecule has 2 heterocycles. The Morgan fingerprint density at radius 1 is 1.15 bits per heavy atom. The summed E-state index contributed by atoms with van der Waals surface area (Å²) in [7, 11) is 4.03. The molecule has 1 aromatic carbocycles. The number of thiophene rings is 1. The lowest BCUT2D eigenvalue weighted by Crippen LogP contribution is -2.33. The summed E-state index contributed by atoms with van der Waals surface area (Å²) in [4.78, 5) is 21.6. The van der Waals surface area contributed by atoms with Crippen molar-refractivity contribution in [3.05, 3.63) is 44.1 Å². The zero-order valence-electron chi connectivity index (χ0n) is 14.8. The lowest BCUT2D eigenvalue weighted by molar-refractivity contribution is 0.0986. The molecule has 0 saturated heterocycles. The van der Waals surface area contributed by atoms with Crippen LogP contribution in [0.4, 0.5) is 5.13 Å². The molecule has 0 bridgehead atoms. The van der Waals surface area contributed by atoms with Gasteiger partial charge in [-0.05, 0) is 57.7 Å². The second kappa shape index (κ2) is 8.23. The average molecular weight is 428 g/mol. The maximum Gasteiger partial charge on any atom is 0.262 e. The molecule has 26 heavy (non-hydrogen) atoms. The molecule has 0 unspecified atom stereocenters. The van der Waals surface area contributed by atoms with Crippen molar-refractivity contribution < 1.29 is 4.79 Å². The van der Waals surface area contributed by atoms with Crippen LogP contribution in [0.3, 0.4) is 0 Å². The molecular formula is C18H19Cl2N3OS2. The SMILES string of the molecule is Cc1ccc2nc(N(CCCN(C)C)C(=O)c3cc(Cl)sc3Cl)sc2c1. The average Bonchev–Trinajstić information content (AvgIpc) is 3.12. The van der Waals surface area contributed by atoms with Gasteiger partial charge >= 0.3 is 0 Å². The molecule has 0 aliphatic heterocycles. The van der Waals surface area contributed by atoms with Crippen molar-refractivity contribution in [3.8, 4) is 0 Å². The van der Waals surface area contributed by atoms with Crippen LogP contribution in [0.25, 0.3) is 10.2 Å². The van der Waals surface area contributed by atoms with Gasteiger partial charge < -0.3 is 4.90 Å². The summed E-state index contributed by atoms with van der Waals surface area (Å²) < 4.78 is 1.99. The third-order valence-electron chi connectivity index (χ3n) is 3.88. The summed E-state index contributed by atoms with van der Waals surface area (Å²) >= 11 is 15.0. The lowest BCUT2D eigenvalue weighted by Gasteiger charge is -2.20. The normalized spacial score (nSPS) is 11.5. The quantitative estimate of drug-likeness (QED) is 0.515. The fourth-order valence-electron chi connectivity index (χ4n) is 2.60. The molecule has 2 aromatic heterocycles. The van der Waals surface area contributed by atoms with Crippen LogP contribution in [0.5, 0.6) is 0 Å². The molecule has 0 saturated carbocycles. The maximum absolute atomic E-state index is 13.1. The molecule has 4 nitrogen and oxygen atoms in total. The molecule has 0 aliphatic rings. The highest BCUT2D eigenvalue weighted by molar-refractivity contribution is 7.22. The van der Waals surface area contributed by atoms with Crippen molar-refractivity contribution in [2.24, 2.45) is 0 Å². The third-order valence-corrected chi connectivity index (χ3v) is 6.41. The molecule has 138 valence electrons. The number of amides is 1. The Kier molecular flexibility index (Phi) is 6.20. The fourth-order valence-corrected chi connectivity index (χ4v) is 5.13. The first-order chi connectivity index (χ1) is 12.3. The van der Waals surface area contributed by atoms with Gasteiger partial charge in [0.2, 0.25) is 0 Å². The highest BCUT2D eigenvalue weighted by Crippen LogP contribution is 2.35. The summed E-state index contributed by atoms with van der Waals surface area (Å²) in [5.74, 6) is -0.160. The van der Waals surface area contributed by atoms with E-state index in [0.29, 0.717) is 25.9 Å². The van der Waals surface area contributed by atoms with Crippen molar-refractivity contribution in [3.63, 3.8) is 0 Å². The molecule has 0 fully saturated rings. The Labute approximate surface area is 171 Å². The molecule has 0 radical (unpaired) electrons. The molecule has 0 atom stereocenters. The summed E-state index contributed by atoms with van der Waals surface area (Å²) in [5, 5.41) is 0.688. The number of benzene rings is 1. The number of hydrogen-bond donors (Lipinski definition) is 0. The minimum atomic E-state index is -0.160. The zero-order valence-corrected chi connectivity index (χ0v) is 17.9. The van der Waals surface area contributed by atoms with Gasteiger partial charge in [-0.15, -0.1) is 11.3 Å².